The molecule has 3 unspecified atom stereocenters. The molecule has 12 heavy (non-hydrogen) atoms. The molecule has 1 rings (SSSR count). The number of aliphatic hydroxyl groups is 1. The number of hydrogen-bond acceptors (Lipinski definition) is 3. The predicted octanol–water partition coefficient (Wildman–Crippen LogP) is 0.951. The molecule has 0 amide bonds. The average molecular weight is 174 g/mol. The van der Waals surface area contributed by atoms with E-state index in [-0.39, 0.29) is 18.3 Å². The molecule has 0 aromatic rings. The zero-order valence-corrected chi connectivity index (χ0v) is 7.82. The minimum absolute atomic E-state index is 0.105. The fraction of sp³-hybridized carbons (Fsp3) is 1.00. The maximum absolute atomic E-state index is 9.51. The summed E-state index contributed by atoms with van der Waals surface area (Å²) in [6.07, 6.45) is 2.72. The third-order valence-electron chi connectivity index (χ3n) is 2.24. The van der Waals surface area contributed by atoms with Gasteiger partial charge >= 0.3 is 0 Å². The molecule has 1 aliphatic heterocycles. The van der Waals surface area contributed by atoms with Crippen LogP contribution in [0.25, 0.3) is 0 Å². The summed E-state index contributed by atoms with van der Waals surface area (Å²) in [5.41, 5.74) is 0. The first-order chi connectivity index (χ1) is 5.77. The molecule has 0 saturated carbocycles. The Morgan fingerprint density at radius 1 is 1.58 bits per heavy atom. The van der Waals surface area contributed by atoms with Gasteiger partial charge < -0.3 is 14.6 Å². The van der Waals surface area contributed by atoms with Gasteiger partial charge in [0.2, 0.25) is 0 Å². The zero-order chi connectivity index (χ0) is 8.97. The van der Waals surface area contributed by atoms with Crippen LogP contribution in [-0.4, -0.2) is 37.1 Å². The monoisotopic (exact) mass is 174 g/mol. The van der Waals surface area contributed by atoms with Crippen molar-refractivity contribution in [1.82, 2.24) is 0 Å². The topological polar surface area (TPSA) is 38.7 Å². The zero-order valence-electron chi connectivity index (χ0n) is 7.82. The van der Waals surface area contributed by atoms with Gasteiger partial charge in [0.15, 0.2) is 0 Å². The lowest BCUT2D eigenvalue weighted by Gasteiger charge is -2.12. The average Bonchev–Trinajstić information content (AvgIpc) is 2.34. The molecule has 0 spiro atoms. The summed E-state index contributed by atoms with van der Waals surface area (Å²) in [5.74, 6) is 0. The van der Waals surface area contributed by atoms with Crippen molar-refractivity contribution in [3.63, 3.8) is 0 Å². The van der Waals surface area contributed by atoms with Crippen molar-refractivity contribution in [3.05, 3.63) is 0 Å². The molecule has 0 bridgehead atoms. The Kier molecular flexibility index (Phi) is 3.98. The molecule has 1 N–H and O–H groups in total. The highest BCUT2D eigenvalue weighted by molar-refractivity contribution is 4.81. The van der Waals surface area contributed by atoms with E-state index in [1.807, 2.05) is 0 Å². The Morgan fingerprint density at radius 2 is 2.33 bits per heavy atom. The van der Waals surface area contributed by atoms with Gasteiger partial charge in [0.25, 0.3) is 0 Å². The fourth-order valence-electron chi connectivity index (χ4n) is 1.64. The molecular weight excluding hydrogens is 156 g/mol. The lowest BCUT2D eigenvalue weighted by Crippen LogP contribution is -2.25. The van der Waals surface area contributed by atoms with Crippen molar-refractivity contribution in [2.45, 2.75) is 44.5 Å². The van der Waals surface area contributed by atoms with E-state index in [0.717, 1.165) is 19.3 Å². The predicted molar refractivity (Wildman–Crippen MR) is 46.1 cm³/mol. The third-order valence-corrected chi connectivity index (χ3v) is 2.24. The summed E-state index contributed by atoms with van der Waals surface area (Å²) in [7, 11) is 1.63. The van der Waals surface area contributed by atoms with Crippen LogP contribution in [0, 0.1) is 0 Å². The van der Waals surface area contributed by atoms with Crippen LogP contribution >= 0.6 is 0 Å². The van der Waals surface area contributed by atoms with Crippen LogP contribution in [-0.2, 0) is 9.47 Å². The maximum Gasteiger partial charge on any atom is 0.107 e. The van der Waals surface area contributed by atoms with Crippen LogP contribution in [0.3, 0.4) is 0 Å². The van der Waals surface area contributed by atoms with Crippen LogP contribution in [0.1, 0.15) is 26.2 Å². The van der Waals surface area contributed by atoms with Crippen LogP contribution < -0.4 is 0 Å². The smallest absolute Gasteiger partial charge is 0.107 e. The summed E-state index contributed by atoms with van der Waals surface area (Å²) in [6.45, 7) is 2.63. The summed E-state index contributed by atoms with van der Waals surface area (Å²) < 4.78 is 10.5. The van der Waals surface area contributed by atoms with Gasteiger partial charge in [-0.1, -0.05) is 13.3 Å². The molecule has 3 nitrogen and oxygen atoms in total. The molecule has 0 radical (unpaired) electrons. The van der Waals surface area contributed by atoms with Gasteiger partial charge in [-0.05, 0) is 6.42 Å². The van der Waals surface area contributed by atoms with E-state index < -0.39 is 0 Å². The molecule has 1 aliphatic rings. The quantitative estimate of drug-likeness (QED) is 0.689. The Labute approximate surface area is 73.7 Å². The van der Waals surface area contributed by atoms with Gasteiger partial charge in [0.1, 0.15) is 6.10 Å². The van der Waals surface area contributed by atoms with Crippen LogP contribution in [0.5, 0.6) is 0 Å². The second-order valence-electron chi connectivity index (χ2n) is 3.34. The summed E-state index contributed by atoms with van der Waals surface area (Å²) in [4.78, 5) is 0. The Morgan fingerprint density at radius 3 is 2.92 bits per heavy atom. The largest absolute Gasteiger partial charge is 0.390 e. The summed E-state index contributed by atoms with van der Waals surface area (Å²) >= 11 is 0. The molecule has 3 heteroatoms. The van der Waals surface area contributed by atoms with Crippen LogP contribution in [0.2, 0.25) is 0 Å². The molecule has 0 aromatic heterocycles. The molecule has 1 saturated heterocycles. The molecular formula is C9H18O3. The van der Waals surface area contributed by atoms with E-state index in [0.29, 0.717) is 6.61 Å². The molecule has 3 atom stereocenters. The van der Waals surface area contributed by atoms with Gasteiger partial charge in [0, 0.05) is 13.5 Å². The minimum atomic E-state index is -0.332. The first-order valence-electron chi connectivity index (χ1n) is 4.60. The van der Waals surface area contributed by atoms with Gasteiger partial charge in [-0.2, -0.15) is 0 Å². The lowest BCUT2D eigenvalue weighted by atomic mass is 10.1. The second kappa shape index (κ2) is 4.80. The minimum Gasteiger partial charge on any atom is -0.390 e. The molecule has 0 aliphatic carbocycles. The highest BCUT2D eigenvalue weighted by Crippen LogP contribution is 2.23. The fourth-order valence-corrected chi connectivity index (χ4v) is 1.64. The SMILES string of the molecule is CCCC1CC(O)C(COC)O1. The Hall–Kier alpha value is -0.120. The van der Waals surface area contributed by atoms with Gasteiger partial charge in [-0.25, -0.2) is 0 Å². The van der Waals surface area contributed by atoms with E-state index in [9.17, 15) is 5.11 Å². The number of methoxy groups -OCH3 is 1. The van der Waals surface area contributed by atoms with Crippen molar-refractivity contribution in [2.75, 3.05) is 13.7 Å². The van der Waals surface area contributed by atoms with Crippen molar-refractivity contribution in [2.24, 2.45) is 0 Å². The number of rotatable bonds is 4. The summed E-state index contributed by atoms with van der Waals surface area (Å²) in [5, 5.41) is 9.51. The molecule has 1 heterocycles. The van der Waals surface area contributed by atoms with Gasteiger partial charge in [-0.3, -0.25) is 0 Å². The van der Waals surface area contributed by atoms with E-state index >= 15 is 0 Å². The van der Waals surface area contributed by atoms with Crippen molar-refractivity contribution >= 4 is 0 Å². The second-order valence-corrected chi connectivity index (χ2v) is 3.34. The van der Waals surface area contributed by atoms with E-state index in [1.54, 1.807) is 7.11 Å². The van der Waals surface area contributed by atoms with Crippen molar-refractivity contribution in [3.8, 4) is 0 Å². The number of ether oxygens (including phenoxy) is 2. The Balaban J connectivity index is 2.29. The Bertz CT molecular complexity index is 127. The van der Waals surface area contributed by atoms with Crippen molar-refractivity contribution < 1.29 is 14.6 Å². The molecule has 1 fully saturated rings. The van der Waals surface area contributed by atoms with E-state index in [4.69, 9.17) is 9.47 Å². The van der Waals surface area contributed by atoms with E-state index in [1.165, 1.54) is 0 Å². The first-order valence-corrected chi connectivity index (χ1v) is 4.60. The summed E-state index contributed by atoms with van der Waals surface area (Å²) in [6, 6.07) is 0. The molecule has 0 aromatic carbocycles. The number of aliphatic hydroxyl groups excluding tert-OH is 1. The van der Waals surface area contributed by atoms with Crippen molar-refractivity contribution in [1.29, 1.82) is 0 Å². The third kappa shape index (κ3) is 2.44. The highest BCUT2D eigenvalue weighted by atomic mass is 16.6. The maximum atomic E-state index is 9.51. The standard InChI is InChI=1S/C9H18O3/c1-3-4-7-5-8(10)9(12-7)6-11-2/h7-10H,3-6H2,1-2H3. The van der Waals surface area contributed by atoms with Gasteiger partial charge in [0.05, 0.1) is 18.8 Å². The van der Waals surface area contributed by atoms with E-state index in [2.05, 4.69) is 6.92 Å². The first kappa shape index (κ1) is 9.96. The molecule has 72 valence electrons. The van der Waals surface area contributed by atoms with Gasteiger partial charge in [-0.15, -0.1) is 0 Å². The highest BCUT2D eigenvalue weighted by Gasteiger charge is 2.32. The van der Waals surface area contributed by atoms with Crippen LogP contribution in [0.15, 0.2) is 0 Å². The lowest BCUT2D eigenvalue weighted by molar-refractivity contribution is -0.0347. The van der Waals surface area contributed by atoms with Crippen LogP contribution in [0.4, 0.5) is 0 Å². The number of hydrogen-bond donors (Lipinski definition) is 1. The normalized spacial score (nSPS) is 35.8.